The molecule has 0 bridgehead atoms. The van der Waals surface area contributed by atoms with Crippen LogP contribution in [0, 0.1) is 0 Å². The molecule has 5 nitrogen and oxygen atoms in total. The van der Waals surface area contributed by atoms with Gasteiger partial charge < -0.3 is 25.4 Å². The molecule has 0 aliphatic heterocycles. The molecule has 30 heavy (non-hydrogen) atoms. The smallest absolute Gasteiger partial charge is 0.419 e. The molecule has 2 rings (SSSR count). The summed E-state index contributed by atoms with van der Waals surface area (Å²) in [4.78, 5) is 0. The second kappa shape index (κ2) is 10.7. The van der Waals surface area contributed by atoms with Gasteiger partial charge in [-0.1, -0.05) is 18.2 Å². The maximum absolute atomic E-state index is 13.5. The van der Waals surface area contributed by atoms with Crippen LogP contribution >= 0.6 is 0 Å². The number of aryl methyl sites for hydroxylation is 2. The summed E-state index contributed by atoms with van der Waals surface area (Å²) in [6.07, 6.45) is -2.98. The average molecular weight is 427 g/mol. The van der Waals surface area contributed by atoms with Gasteiger partial charge in [-0.25, -0.2) is 0 Å². The highest BCUT2D eigenvalue weighted by Gasteiger charge is 2.35. The summed E-state index contributed by atoms with van der Waals surface area (Å²) in [7, 11) is 1.58. The molecule has 2 aromatic carbocycles. The monoisotopic (exact) mass is 427 g/mol. The first-order chi connectivity index (χ1) is 14.2. The molecule has 0 aromatic heterocycles. The standard InChI is InChI=1S/C22H28F3NO4/c1-29-18-7-4-16(5-8-18)3-2-12-30-20-9-6-17(13-19(20)22(23,24)25)10-11-21(26,14-27)15-28/h4-9,13,27-28H,2-3,10-12,14-15,26H2,1H3. The Labute approximate surface area is 174 Å². The van der Waals surface area contributed by atoms with Crippen molar-refractivity contribution >= 4 is 0 Å². The predicted octanol–water partition coefficient (Wildman–Crippen LogP) is 3.34. The molecule has 0 atom stereocenters. The van der Waals surface area contributed by atoms with Crippen molar-refractivity contribution in [2.45, 2.75) is 37.4 Å². The van der Waals surface area contributed by atoms with E-state index in [1.165, 1.54) is 6.07 Å². The van der Waals surface area contributed by atoms with Crippen LogP contribution in [0.3, 0.4) is 0 Å². The van der Waals surface area contributed by atoms with Gasteiger partial charge in [0, 0.05) is 0 Å². The van der Waals surface area contributed by atoms with Crippen LogP contribution < -0.4 is 15.2 Å². The van der Waals surface area contributed by atoms with E-state index in [0.29, 0.717) is 18.4 Å². The summed E-state index contributed by atoms with van der Waals surface area (Å²) in [5.74, 6) is 0.527. The molecule has 4 N–H and O–H groups in total. The second-order valence-electron chi connectivity index (χ2n) is 7.31. The number of methoxy groups -OCH3 is 1. The number of hydrogen-bond acceptors (Lipinski definition) is 5. The fourth-order valence-electron chi connectivity index (χ4n) is 2.93. The number of halogens is 3. The maximum atomic E-state index is 13.5. The minimum Gasteiger partial charge on any atom is -0.497 e. The van der Waals surface area contributed by atoms with Gasteiger partial charge in [-0.05, 0) is 61.1 Å². The molecule has 0 amide bonds. The molecule has 0 spiro atoms. The Morgan fingerprint density at radius 2 is 1.57 bits per heavy atom. The van der Waals surface area contributed by atoms with E-state index < -0.39 is 30.5 Å². The molecular weight excluding hydrogens is 399 g/mol. The molecule has 0 fully saturated rings. The van der Waals surface area contributed by atoms with Gasteiger partial charge in [-0.3, -0.25) is 0 Å². The number of rotatable bonds is 11. The van der Waals surface area contributed by atoms with Gasteiger partial charge in [0.1, 0.15) is 11.5 Å². The molecule has 0 heterocycles. The van der Waals surface area contributed by atoms with Crippen LogP contribution in [0.2, 0.25) is 0 Å². The minimum absolute atomic E-state index is 0.148. The molecule has 0 saturated heterocycles. The van der Waals surface area contributed by atoms with E-state index >= 15 is 0 Å². The maximum Gasteiger partial charge on any atom is 0.419 e. The summed E-state index contributed by atoms with van der Waals surface area (Å²) in [6, 6.07) is 11.4. The van der Waals surface area contributed by atoms with Crippen LogP contribution in [0.25, 0.3) is 0 Å². The number of benzene rings is 2. The molecule has 0 aliphatic carbocycles. The van der Waals surface area contributed by atoms with E-state index in [9.17, 15) is 23.4 Å². The van der Waals surface area contributed by atoms with Crippen LogP contribution in [0.5, 0.6) is 11.5 Å². The predicted molar refractivity (Wildman–Crippen MR) is 108 cm³/mol. The molecule has 8 heteroatoms. The zero-order chi connectivity index (χ0) is 22.2. The largest absolute Gasteiger partial charge is 0.497 e. The highest BCUT2D eigenvalue weighted by molar-refractivity contribution is 5.39. The zero-order valence-electron chi connectivity index (χ0n) is 16.9. The average Bonchev–Trinajstić information content (AvgIpc) is 2.75. The lowest BCUT2D eigenvalue weighted by Crippen LogP contribution is -2.47. The van der Waals surface area contributed by atoms with E-state index in [-0.39, 0.29) is 25.2 Å². The van der Waals surface area contributed by atoms with Crippen LogP contribution in [0.15, 0.2) is 42.5 Å². The highest BCUT2D eigenvalue weighted by Crippen LogP contribution is 2.37. The fourth-order valence-corrected chi connectivity index (χ4v) is 2.93. The number of aliphatic hydroxyl groups is 2. The lowest BCUT2D eigenvalue weighted by atomic mass is 9.93. The van der Waals surface area contributed by atoms with Crippen molar-refractivity contribution in [2.24, 2.45) is 5.73 Å². The SMILES string of the molecule is COc1ccc(CCCOc2ccc(CCC(N)(CO)CO)cc2C(F)(F)F)cc1. The topological polar surface area (TPSA) is 84.9 Å². The van der Waals surface area contributed by atoms with Crippen molar-refractivity contribution in [1.29, 1.82) is 0 Å². The van der Waals surface area contributed by atoms with Crippen molar-refractivity contribution in [3.63, 3.8) is 0 Å². The Hall–Kier alpha value is -2.29. The van der Waals surface area contributed by atoms with Gasteiger partial charge in [0.15, 0.2) is 0 Å². The summed E-state index contributed by atoms with van der Waals surface area (Å²) in [5.41, 5.74) is 5.17. The normalized spacial score (nSPS) is 12.1. The van der Waals surface area contributed by atoms with Crippen molar-refractivity contribution in [1.82, 2.24) is 0 Å². The van der Waals surface area contributed by atoms with E-state index in [1.807, 2.05) is 24.3 Å². The van der Waals surface area contributed by atoms with Gasteiger partial charge >= 0.3 is 6.18 Å². The summed E-state index contributed by atoms with van der Waals surface area (Å²) < 4.78 is 51.0. The van der Waals surface area contributed by atoms with Crippen molar-refractivity contribution in [3.8, 4) is 11.5 Å². The van der Waals surface area contributed by atoms with Gasteiger partial charge in [-0.15, -0.1) is 0 Å². The molecule has 0 radical (unpaired) electrons. The number of nitrogens with two attached hydrogens (primary N) is 1. The van der Waals surface area contributed by atoms with Gasteiger partial charge in [-0.2, -0.15) is 13.2 Å². The lowest BCUT2D eigenvalue weighted by Gasteiger charge is -2.24. The fraction of sp³-hybridized carbons (Fsp3) is 0.455. The Kier molecular flexibility index (Phi) is 8.52. The van der Waals surface area contributed by atoms with Crippen molar-refractivity contribution < 1.29 is 32.9 Å². The quantitative estimate of drug-likeness (QED) is 0.479. The zero-order valence-corrected chi connectivity index (χ0v) is 16.9. The molecule has 166 valence electrons. The van der Waals surface area contributed by atoms with Crippen LogP contribution in [0.1, 0.15) is 29.5 Å². The third-order valence-corrected chi connectivity index (χ3v) is 4.92. The highest BCUT2D eigenvalue weighted by atomic mass is 19.4. The van der Waals surface area contributed by atoms with Crippen LogP contribution in [0.4, 0.5) is 13.2 Å². The van der Waals surface area contributed by atoms with E-state index in [0.717, 1.165) is 17.4 Å². The first-order valence-corrected chi connectivity index (χ1v) is 9.67. The lowest BCUT2D eigenvalue weighted by molar-refractivity contribution is -0.139. The Morgan fingerprint density at radius 1 is 0.933 bits per heavy atom. The summed E-state index contributed by atoms with van der Waals surface area (Å²) >= 11 is 0. The van der Waals surface area contributed by atoms with Crippen molar-refractivity contribution in [3.05, 3.63) is 59.2 Å². The first kappa shape index (κ1) is 24.0. The van der Waals surface area contributed by atoms with Crippen LogP contribution in [-0.4, -0.2) is 42.7 Å². The van der Waals surface area contributed by atoms with Gasteiger partial charge in [0.2, 0.25) is 0 Å². The molecule has 2 aromatic rings. The van der Waals surface area contributed by atoms with Gasteiger partial charge in [0.05, 0.1) is 38.0 Å². The Bertz CT molecular complexity index is 790. The number of aliphatic hydroxyl groups excluding tert-OH is 2. The summed E-state index contributed by atoms with van der Waals surface area (Å²) in [6.45, 7) is -0.759. The molecule has 0 aliphatic rings. The molecule has 0 unspecified atom stereocenters. The van der Waals surface area contributed by atoms with Gasteiger partial charge in [0.25, 0.3) is 0 Å². The third kappa shape index (κ3) is 6.90. The Morgan fingerprint density at radius 3 is 2.13 bits per heavy atom. The van der Waals surface area contributed by atoms with Crippen molar-refractivity contribution in [2.75, 3.05) is 26.9 Å². The first-order valence-electron chi connectivity index (χ1n) is 9.67. The van der Waals surface area contributed by atoms with Crippen LogP contribution in [-0.2, 0) is 19.0 Å². The third-order valence-electron chi connectivity index (χ3n) is 4.92. The molecule has 0 saturated carbocycles. The van der Waals surface area contributed by atoms with E-state index in [1.54, 1.807) is 13.2 Å². The summed E-state index contributed by atoms with van der Waals surface area (Å²) in [5, 5.41) is 18.5. The number of hydrogen-bond donors (Lipinski definition) is 3. The minimum atomic E-state index is -4.56. The molecular formula is C22H28F3NO4. The number of ether oxygens (including phenoxy) is 2. The number of alkyl halides is 3. The second-order valence-corrected chi connectivity index (χ2v) is 7.31. The Balaban J connectivity index is 1.99. The van der Waals surface area contributed by atoms with E-state index in [4.69, 9.17) is 15.2 Å². The van der Waals surface area contributed by atoms with E-state index in [2.05, 4.69) is 0 Å².